The van der Waals surface area contributed by atoms with Gasteiger partial charge in [-0.15, -0.1) is 11.3 Å². The van der Waals surface area contributed by atoms with Gasteiger partial charge in [0.2, 0.25) is 5.91 Å². The van der Waals surface area contributed by atoms with E-state index in [9.17, 15) is 14.0 Å². The molecule has 0 atom stereocenters. The maximum Gasteiger partial charge on any atom is 0.307 e. The summed E-state index contributed by atoms with van der Waals surface area (Å²) in [5.74, 6) is -0.623. The first kappa shape index (κ1) is 15.6. The van der Waals surface area contributed by atoms with Gasteiger partial charge in [0, 0.05) is 22.0 Å². The predicted molar refractivity (Wildman–Crippen MR) is 89.5 cm³/mol. The molecule has 0 unspecified atom stereocenters. The summed E-state index contributed by atoms with van der Waals surface area (Å²) in [4.78, 5) is 27.8. The molecule has 118 valence electrons. The minimum absolute atomic E-state index is 0.0420. The van der Waals surface area contributed by atoms with Crippen molar-refractivity contribution in [2.45, 2.75) is 13.5 Å². The number of amides is 1. The molecule has 1 N–H and O–H groups in total. The van der Waals surface area contributed by atoms with E-state index >= 15 is 0 Å². The normalized spacial score (nSPS) is 10.7. The van der Waals surface area contributed by atoms with Crippen LogP contribution in [0.15, 0.2) is 39.8 Å². The van der Waals surface area contributed by atoms with Crippen molar-refractivity contribution in [3.05, 3.63) is 56.2 Å². The number of halogens is 1. The largest absolute Gasteiger partial charge is 0.307 e. The number of hydrogen-bond donors (Lipinski definition) is 1. The van der Waals surface area contributed by atoms with E-state index in [-0.39, 0.29) is 23.1 Å². The highest BCUT2D eigenvalue weighted by Crippen LogP contribution is 2.25. The molecule has 3 rings (SSSR count). The van der Waals surface area contributed by atoms with Crippen molar-refractivity contribution in [1.29, 1.82) is 0 Å². The Morgan fingerprint density at radius 3 is 2.65 bits per heavy atom. The zero-order valence-corrected chi connectivity index (χ0v) is 13.7. The Morgan fingerprint density at radius 2 is 2.00 bits per heavy atom. The van der Waals surface area contributed by atoms with Gasteiger partial charge in [-0.1, -0.05) is 11.3 Å². The minimum atomic E-state index is -0.311. The van der Waals surface area contributed by atoms with Gasteiger partial charge in [0.05, 0.1) is 5.69 Å². The Bertz CT molecular complexity index is 896. The van der Waals surface area contributed by atoms with Gasteiger partial charge < -0.3 is 5.32 Å². The Labute approximate surface area is 139 Å². The van der Waals surface area contributed by atoms with Crippen LogP contribution in [0.25, 0.3) is 11.3 Å². The summed E-state index contributed by atoms with van der Waals surface area (Å²) in [5.41, 5.74) is 2.18. The molecule has 2 aromatic heterocycles. The van der Waals surface area contributed by atoms with Gasteiger partial charge in [0.1, 0.15) is 12.4 Å². The van der Waals surface area contributed by atoms with Crippen LogP contribution in [0.3, 0.4) is 0 Å². The first-order chi connectivity index (χ1) is 11.0. The van der Waals surface area contributed by atoms with Crippen LogP contribution < -0.4 is 10.2 Å². The number of carbonyl (C=O) groups is 1. The van der Waals surface area contributed by atoms with Crippen LogP contribution in [-0.2, 0) is 11.3 Å². The molecule has 3 aromatic rings. The molecule has 1 aromatic carbocycles. The van der Waals surface area contributed by atoms with E-state index in [0.29, 0.717) is 10.8 Å². The van der Waals surface area contributed by atoms with Gasteiger partial charge in [-0.2, -0.15) is 0 Å². The molecule has 0 fully saturated rings. The van der Waals surface area contributed by atoms with Crippen molar-refractivity contribution < 1.29 is 9.18 Å². The molecule has 2 heterocycles. The standard InChI is InChI=1S/C15H12FN3O2S2/c1-9-7-23-15(21)19(9)6-13(20)18-14-17-12(8-22-14)10-2-4-11(16)5-3-10/h2-5,7-8H,6H2,1H3,(H,17,18,20). The zero-order chi connectivity index (χ0) is 16.4. The quantitative estimate of drug-likeness (QED) is 0.787. The van der Waals surface area contributed by atoms with Crippen molar-refractivity contribution in [2.75, 3.05) is 5.32 Å². The fourth-order valence-electron chi connectivity index (χ4n) is 1.98. The van der Waals surface area contributed by atoms with E-state index in [1.165, 1.54) is 28.0 Å². The first-order valence-electron chi connectivity index (χ1n) is 6.69. The fourth-order valence-corrected chi connectivity index (χ4v) is 3.45. The summed E-state index contributed by atoms with van der Waals surface area (Å²) in [5, 5.41) is 6.61. The van der Waals surface area contributed by atoms with Crippen LogP contribution in [0.2, 0.25) is 0 Å². The monoisotopic (exact) mass is 349 g/mol. The van der Waals surface area contributed by atoms with Crippen molar-refractivity contribution in [1.82, 2.24) is 9.55 Å². The summed E-state index contributed by atoms with van der Waals surface area (Å²) >= 11 is 2.34. The first-order valence-corrected chi connectivity index (χ1v) is 8.45. The summed E-state index contributed by atoms with van der Waals surface area (Å²) in [6, 6.07) is 5.98. The van der Waals surface area contributed by atoms with Crippen LogP contribution in [0.5, 0.6) is 0 Å². The molecule has 0 aliphatic rings. The minimum Gasteiger partial charge on any atom is -0.300 e. The number of rotatable bonds is 4. The maximum absolute atomic E-state index is 12.9. The highest BCUT2D eigenvalue weighted by atomic mass is 32.1. The third kappa shape index (κ3) is 3.54. The van der Waals surface area contributed by atoms with E-state index in [4.69, 9.17) is 0 Å². The molecule has 8 heteroatoms. The molecule has 0 aliphatic heterocycles. The van der Waals surface area contributed by atoms with Gasteiger partial charge in [-0.3, -0.25) is 14.2 Å². The second kappa shape index (κ2) is 6.43. The van der Waals surface area contributed by atoms with E-state index in [1.54, 1.807) is 29.8 Å². The average molecular weight is 349 g/mol. The molecule has 0 spiro atoms. The zero-order valence-electron chi connectivity index (χ0n) is 12.1. The second-order valence-corrected chi connectivity index (χ2v) is 6.50. The lowest BCUT2D eigenvalue weighted by Crippen LogP contribution is -2.25. The second-order valence-electron chi connectivity index (χ2n) is 4.82. The van der Waals surface area contributed by atoms with E-state index < -0.39 is 0 Å². The molecule has 0 bridgehead atoms. The van der Waals surface area contributed by atoms with Crippen molar-refractivity contribution in [3.63, 3.8) is 0 Å². The molecule has 1 amide bonds. The number of aryl methyl sites for hydroxylation is 1. The van der Waals surface area contributed by atoms with Crippen molar-refractivity contribution >= 4 is 33.7 Å². The summed E-state index contributed by atoms with van der Waals surface area (Å²) in [7, 11) is 0. The molecule has 0 saturated heterocycles. The number of nitrogens with zero attached hydrogens (tertiary/aromatic N) is 2. The Balaban J connectivity index is 1.70. The van der Waals surface area contributed by atoms with Crippen molar-refractivity contribution in [3.8, 4) is 11.3 Å². The molecule has 5 nitrogen and oxygen atoms in total. The van der Waals surface area contributed by atoms with E-state index in [0.717, 1.165) is 22.6 Å². The summed E-state index contributed by atoms with van der Waals surface area (Å²) < 4.78 is 14.3. The number of nitrogens with one attached hydrogen (secondary N) is 1. The van der Waals surface area contributed by atoms with Crippen LogP contribution in [0.4, 0.5) is 9.52 Å². The number of carbonyl (C=O) groups excluding carboxylic acids is 1. The van der Waals surface area contributed by atoms with E-state index in [2.05, 4.69) is 10.3 Å². The van der Waals surface area contributed by atoms with Gasteiger partial charge >= 0.3 is 4.87 Å². The molecular weight excluding hydrogens is 337 g/mol. The van der Waals surface area contributed by atoms with Gasteiger partial charge in [0.25, 0.3) is 0 Å². The number of aromatic nitrogens is 2. The maximum atomic E-state index is 12.9. The SMILES string of the molecule is Cc1csc(=O)n1CC(=O)Nc1nc(-c2ccc(F)cc2)cs1. The molecule has 23 heavy (non-hydrogen) atoms. The van der Waals surface area contributed by atoms with Crippen LogP contribution in [0, 0.1) is 12.7 Å². The Kier molecular flexibility index (Phi) is 4.35. The smallest absolute Gasteiger partial charge is 0.300 e. The predicted octanol–water partition coefficient (Wildman–Crippen LogP) is 3.12. The van der Waals surface area contributed by atoms with Crippen LogP contribution in [-0.4, -0.2) is 15.5 Å². The average Bonchev–Trinajstić information content (AvgIpc) is 3.10. The van der Waals surface area contributed by atoms with Crippen LogP contribution >= 0.6 is 22.7 Å². The lowest BCUT2D eigenvalue weighted by Gasteiger charge is -2.04. The van der Waals surface area contributed by atoms with E-state index in [1.807, 2.05) is 0 Å². The fraction of sp³-hybridized carbons (Fsp3) is 0.133. The molecular formula is C15H12FN3O2S2. The Morgan fingerprint density at radius 1 is 1.26 bits per heavy atom. The number of thiazole rings is 2. The highest BCUT2D eigenvalue weighted by molar-refractivity contribution is 7.14. The number of anilines is 1. The molecule has 0 radical (unpaired) electrons. The van der Waals surface area contributed by atoms with Gasteiger partial charge in [-0.05, 0) is 31.2 Å². The lowest BCUT2D eigenvalue weighted by molar-refractivity contribution is -0.116. The van der Waals surface area contributed by atoms with Gasteiger partial charge in [0.15, 0.2) is 5.13 Å². The third-order valence-corrected chi connectivity index (χ3v) is 4.81. The summed E-state index contributed by atoms with van der Waals surface area (Å²) in [6.45, 7) is 1.74. The highest BCUT2D eigenvalue weighted by Gasteiger charge is 2.11. The third-order valence-electron chi connectivity index (χ3n) is 3.17. The molecule has 0 aliphatic carbocycles. The topological polar surface area (TPSA) is 64.0 Å². The van der Waals surface area contributed by atoms with Crippen LogP contribution in [0.1, 0.15) is 5.69 Å². The lowest BCUT2D eigenvalue weighted by atomic mass is 10.2. The van der Waals surface area contributed by atoms with Crippen molar-refractivity contribution in [2.24, 2.45) is 0 Å². The van der Waals surface area contributed by atoms with Gasteiger partial charge in [-0.25, -0.2) is 9.37 Å². The summed E-state index contributed by atoms with van der Waals surface area (Å²) in [6.07, 6.45) is 0. The molecule has 0 saturated carbocycles. The number of hydrogen-bond acceptors (Lipinski definition) is 5. The number of benzene rings is 1. The Hall–Kier alpha value is -2.32.